The summed E-state index contributed by atoms with van der Waals surface area (Å²) in [5.74, 6) is 2.09. The van der Waals surface area contributed by atoms with Gasteiger partial charge >= 0.3 is 0 Å². The fourth-order valence-corrected chi connectivity index (χ4v) is 4.60. The van der Waals surface area contributed by atoms with Gasteiger partial charge in [-0.2, -0.15) is 0 Å². The van der Waals surface area contributed by atoms with Crippen LogP contribution in [0.1, 0.15) is 17.2 Å². The van der Waals surface area contributed by atoms with Gasteiger partial charge in [0.2, 0.25) is 0 Å². The first-order valence-electron chi connectivity index (χ1n) is 9.37. The van der Waals surface area contributed by atoms with E-state index in [2.05, 4.69) is 43.1 Å². The molecule has 1 aliphatic heterocycles. The number of aromatic nitrogens is 6. The van der Waals surface area contributed by atoms with E-state index in [1.54, 1.807) is 38.2 Å². The van der Waals surface area contributed by atoms with Crippen LogP contribution in [0.25, 0.3) is 11.2 Å². The van der Waals surface area contributed by atoms with E-state index in [9.17, 15) is 4.79 Å². The molecular formula is C20H19N7O2S. The minimum absolute atomic E-state index is 0.220. The van der Waals surface area contributed by atoms with Gasteiger partial charge in [-0.25, -0.2) is 19.9 Å². The molecule has 0 fully saturated rings. The molecule has 0 amide bonds. The molecular weight excluding hydrogens is 402 g/mol. The lowest BCUT2D eigenvalue weighted by atomic mass is 10.1. The van der Waals surface area contributed by atoms with Gasteiger partial charge in [0.25, 0.3) is 5.56 Å². The van der Waals surface area contributed by atoms with Crippen LogP contribution in [-0.4, -0.2) is 43.3 Å². The van der Waals surface area contributed by atoms with E-state index in [1.165, 1.54) is 0 Å². The summed E-state index contributed by atoms with van der Waals surface area (Å²) < 4.78 is 7.39. The summed E-state index contributed by atoms with van der Waals surface area (Å²) in [6.45, 7) is 4.56. The van der Waals surface area contributed by atoms with E-state index in [4.69, 9.17) is 4.74 Å². The molecule has 0 saturated heterocycles. The Bertz CT molecular complexity index is 1330. The number of H-pyrrole nitrogens is 1. The lowest BCUT2D eigenvalue weighted by molar-refractivity contribution is 0.204. The predicted molar refractivity (Wildman–Crippen MR) is 113 cm³/mol. The van der Waals surface area contributed by atoms with Crippen LogP contribution in [0.5, 0.6) is 0 Å². The molecule has 0 radical (unpaired) electrons. The lowest BCUT2D eigenvalue weighted by Gasteiger charge is -2.30. The zero-order chi connectivity index (χ0) is 20.8. The molecule has 152 valence electrons. The Balaban J connectivity index is 1.58. The third-order valence-electron chi connectivity index (χ3n) is 4.94. The largest absolute Gasteiger partial charge is 0.364 e. The van der Waals surface area contributed by atoms with Crippen LogP contribution in [0.2, 0.25) is 0 Å². The zero-order valence-corrected chi connectivity index (χ0v) is 17.5. The highest BCUT2D eigenvalue weighted by Crippen LogP contribution is 2.46. The van der Waals surface area contributed by atoms with Crippen molar-refractivity contribution in [2.75, 3.05) is 18.7 Å². The number of anilines is 2. The Labute approximate surface area is 176 Å². The van der Waals surface area contributed by atoms with Crippen molar-refractivity contribution in [2.45, 2.75) is 30.3 Å². The molecule has 0 saturated carbocycles. The van der Waals surface area contributed by atoms with Crippen LogP contribution in [0.4, 0.5) is 11.5 Å². The van der Waals surface area contributed by atoms with E-state index in [0.29, 0.717) is 30.3 Å². The molecule has 9 nitrogen and oxygen atoms in total. The molecule has 10 heteroatoms. The summed E-state index contributed by atoms with van der Waals surface area (Å²) >= 11 is 1.59. The molecule has 4 heterocycles. The van der Waals surface area contributed by atoms with Gasteiger partial charge in [-0.1, -0.05) is 17.8 Å². The van der Waals surface area contributed by atoms with Gasteiger partial charge < -0.3 is 14.3 Å². The number of hydrogen-bond acceptors (Lipinski definition) is 8. The quantitative estimate of drug-likeness (QED) is 0.537. The maximum atomic E-state index is 12.2. The highest BCUT2D eigenvalue weighted by atomic mass is 32.2. The highest BCUT2D eigenvalue weighted by molar-refractivity contribution is 7.99. The van der Waals surface area contributed by atoms with Crippen molar-refractivity contribution in [2.24, 2.45) is 0 Å². The number of aryl methyl sites for hydroxylation is 2. The lowest BCUT2D eigenvalue weighted by Crippen LogP contribution is -2.24. The van der Waals surface area contributed by atoms with Crippen LogP contribution in [0, 0.1) is 13.8 Å². The van der Waals surface area contributed by atoms with Gasteiger partial charge in [-0.3, -0.25) is 9.69 Å². The Kier molecular flexibility index (Phi) is 4.52. The van der Waals surface area contributed by atoms with Crippen molar-refractivity contribution in [3.8, 4) is 0 Å². The number of aromatic amines is 1. The van der Waals surface area contributed by atoms with E-state index in [1.807, 2.05) is 16.4 Å². The van der Waals surface area contributed by atoms with E-state index in [0.717, 1.165) is 32.8 Å². The average molecular weight is 421 g/mol. The van der Waals surface area contributed by atoms with Gasteiger partial charge in [0.15, 0.2) is 17.0 Å². The summed E-state index contributed by atoms with van der Waals surface area (Å²) in [7, 11) is 1.66. The first kappa shape index (κ1) is 18.8. The third kappa shape index (κ3) is 3.04. The zero-order valence-electron chi connectivity index (χ0n) is 16.7. The van der Waals surface area contributed by atoms with Crippen LogP contribution >= 0.6 is 11.8 Å². The Morgan fingerprint density at radius 1 is 1.17 bits per heavy atom. The van der Waals surface area contributed by atoms with Crippen molar-refractivity contribution in [3.05, 3.63) is 58.2 Å². The maximum absolute atomic E-state index is 12.2. The van der Waals surface area contributed by atoms with Crippen molar-refractivity contribution < 1.29 is 4.74 Å². The Morgan fingerprint density at radius 3 is 2.83 bits per heavy atom. The average Bonchev–Trinajstić information content (AvgIpc) is 3.04. The summed E-state index contributed by atoms with van der Waals surface area (Å²) in [4.78, 5) is 35.9. The second-order valence-corrected chi connectivity index (χ2v) is 8.03. The molecule has 3 aromatic heterocycles. The number of ether oxygens (including phenoxy) is 1. The fraction of sp³-hybridized carbons (Fsp3) is 0.250. The molecule has 0 aliphatic carbocycles. The van der Waals surface area contributed by atoms with Crippen molar-refractivity contribution in [1.82, 2.24) is 29.5 Å². The normalized spacial score (nSPS) is 12.8. The number of nitrogens with zero attached hydrogens (tertiary/aromatic N) is 6. The van der Waals surface area contributed by atoms with Gasteiger partial charge in [-0.15, -0.1) is 0 Å². The summed E-state index contributed by atoms with van der Waals surface area (Å²) in [5.41, 5.74) is 2.80. The SMILES string of the molecule is COCN1c2cc(Cn3c(C)nc4c(=O)[nH]c(C)nc43)ccc2Sc2nccnc21. The van der Waals surface area contributed by atoms with Crippen LogP contribution in [0.15, 0.2) is 45.3 Å². The van der Waals surface area contributed by atoms with Crippen LogP contribution < -0.4 is 10.5 Å². The molecule has 0 bridgehead atoms. The smallest absolute Gasteiger partial charge is 0.279 e. The molecule has 0 spiro atoms. The van der Waals surface area contributed by atoms with E-state index in [-0.39, 0.29) is 5.56 Å². The predicted octanol–water partition coefficient (Wildman–Crippen LogP) is 2.78. The molecule has 1 N–H and O–H groups in total. The van der Waals surface area contributed by atoms with Crippen molar-refractivity contribution in [3.63, 3.8) is 0 Å². The first-order valence-corrected chi connectivity index (χ1v) is 10.2. The van der Waals surface area contributed by atoms with Crippen LogP contribution in [-0.2, 0) is 11.3 Å². The monoisotopic (exact) mass is 421 g/mol. The van der Waals surface area contributed by atoms with Crippen LogP contribution in [0.3, 0.4) is 0 Å². The number of rotatable bonds is 4. The number of hydrogen-bond donors (Lipinski definition) is 1. The number of fused-ring (bicyclic) bond motifs is 3. The molecule has 1 aliphatic rings. The second-order valence-electron chi connectivity index (χ2n) is 7.00. The first-order chi connectivity index (χ1) is 14.5. The van der Waals surface area contributed by atoms with Crippen molar-refractivity contribution in [1.29, 1.82) is 0 Å². The number of methoxy groups -OCH3 is 1. The fourth-order valence-electron chi connectivity index (χ4n) is 3.61. The number of imidazole rings is 1. The maximum Gasteiger partial charge on any atom is 0.279 e. The standard InChI is InChI=1S/C20H19N7O2S/c1-11-23-17-16(19(28)24-11)25-12(2)26(17)9-13-4-5-15-14(8-13)27(10-29-3)18-20(30-15)22-7-6-21-18/h4-8H,9-10H2,1-3H3,(H,23,24,28). The second kappa shape index (κ2) is 7.22. The van der Waals surface area contributed by atoms with Gasteiger partial charge in [0.05, 0.1) is 12.2 Å². The molecule has 5 rings (SSSR count). The van der Waals surface area contributed by atoms with Gasteiger partial charge in [0.1, 0.15) is 23.4 Å². The molecule has 30 heavy (non-hydrogen) atoms. The molecule has 0 unspecified atom stereocenters. The molecule has 1 aromatic carbocycles. The van der Waals surface area contributed by atoms with E-state index >= 15 is 0 Å². The Morgan fingerprint density at radius 2 is 2.00 bits per heavy atom. The van der Waals surface area contributed by atoms with E-state index < -0.39 is 0 Å². The summed E-state index contributed by atoms with van der Waals surface area (Å²) in [5, 5.41) is 0.852. The highest BCUT2D eigenvalue weighted by Gasteiger charge is 2.26. The topological polar surface area (TPSA) is 102 Å². The minimum atomic E-state index is -0.220. The summed E-state index contributed by atoms with van der Waals surface area (Å²) in [6.07, 6.45) is 3.38. The number of nitrogens with one attached hydrogen (secondary N) is 1. The van der Waals surface area contributed by atoms with Crippen molar-refractivity contribution >= 4 is 34.4 Å². The minimum Gasteiger partial charge on any atom is -0.364 e. The molecule has 0 atom stereocenters. The Hall–Kier alpha value is -3.24. The molecule has 4 aromatic rings. The van der Waals surface area contributed by atoms with Gasteiger partial charge in [0, 0.05) is 24.4 Å². The summed E-state index contributed by atoms with van der Waals surface area (Å²) in [6, 6.07) is 6.27. The van der Waals surface area contributed by atoms with Gasteiger partial charge in [-0.05, 0) is 31.5 Å². The number of benzene rings is 1. The third-order valence-corrected chi connectivity index (χ3v) is 5.98.